The Morgan fingerprint density at radius 1 is 1.17 bits per heavy atom. The zero-order valence-electron chi connectivity index (χ0n) is 15.0. The van der Waals surface area contributed by atoms with E-state index in [4.69, 9.17) is 4.74 Å². The van der Waals surface area contributed by atoms with Crippen LogP contribution in [-0.4, -0.2) is 38.3 Å². The Bertz CT molecular complexity index is 449. The summed E-state index contributed by atoms with van der Waals surface area (Å²) >= 11 is 0. The molecule has 0 radical (unpaired) electrons. The first kappa shape index (κ1) is 18.4. The molecule has 2 nitrogen and oxygen atoms in total. The van der Waals surface area contributed by atoms with Crippen LogP contribution in [0.3, 0.4) is 0 Å². The van der Waals surface area contributed by atoms with Crippen molar-refractivity contribution in [2.45, 2.75) is 51.4 Å². The largest absolute Gasteiger partial charge is 0.385 e. The molecule has 0 unspecified atom stereocenters. The van der Waals surface area contributed by atoms with Gasteiger partial charge >= 0.3 is 0 Å². The lowest BCUT2D eigenvalue weighted by Crippen LogP contribution is -2.36. The van der Waals surface area contributed by atoms with Gasteiger partial charge in [-0.25, -0.2) is 4.39 Å². The predicted octanol–water partition coefficient (Wildman–Crippen LogP) is 4.63. The van der Waals surface area contributed by atoms with Gasteiger partial charge in [-0.2, -0.15) is 0 Å². The van der Waals surface area contributed by atoms with Crippen LogP contribution in [0.25, 0.3) is 0 Å². The summed E-state index contributed by atoms with van der Waals surface area (Å²) in [6, 6.07) is 7.00. The highest BCUT2D eigenvalue weighted by molar-refractivity contribution is 5.24. The fourth-order valence-electron chi connectivity index (χ4n) is 3.50. The molecular formula is C20H32FNO. The van der Waals surface area contributed by atoms with Crippen molar-refractivity contribution in [2.75, 3.05) is 33.4 Å². The molecule has 130 valence electrons. The quantitative estimate of drug-likeness (QED) is 0.647. The van der Waals surface area contributed by atoms with E-state index in [1.165, 1.54) is 44.3 Å². The van der Waals surface area contributed by atoms with Crippen LogP contribution in [0.15, 0.2) is 24.3 Å². The molecule has 1 saturated heterocycles. The lowest BCUT2D eigenvalue weighted by Gasteiger charge is -2.34. The smallest absolute Gasteiger partial charge is 0.123 e. The van der Waals surface area contributed by atoms with Gasteiger partial charge in [-0.1, -0.05) is 26.0 Å². The first-order valence-corrected chi connectivity index (χ1v) is 8.98. The fourth-order valence-corrected chi connectivity index (χ4v) is 3.50. The highest BCUT2D eigenvalue weighted by Crippen LogP contribution is 2.29. The van der Waals surface area contributed by atoms with Crippen LogP contribution < -0.4 is 0 Å². The van der Waals surface area contributed by atoms with Gasteiger partial charge in [-0.15, -0.1) is 0 Å². The third-order valence-corrected chi connectivity index (χ3v) is 5.35. The molecule has 1 aliphatic heterocycles. The van der Waals surface area contributed by atoms with Crippen molar-refractivity contribution in [3.63, 3.8) is 0 Å². The van der Waals surface area contributed by atoms with Crippen LogP contribution in [0.1, 0.15) is 51.5 Å². The fraction of sp³-hybridized carbons (Fsp3) is 0.700. The van der Waals surface area contributed by atoms with E-state index < -0.39 is 0 Å². The van der Waals surface area contributed by atoms with E-state index >= 15 is 0 Å². The Kier molecular flexibility index (Phi) is 7.04. The summed E-state index contributed by atoms with van der Waals surface area (Å²) in [7, 11) is 1.78. The van der Waals surface area contributed by atoms with Gasteiger partial charge in [0.05, 0.1) is 0 Å². The molecule has 0 aliphatic carbocycles. The van der Waals surface area contributed by atoms with Crippen LogP contribution in [0.2, 0.25) is 0 Å². The number of methoxy groups -OCH3 is 1. The number of hydrogen-bond acceptors (Lipinski definition) is 2. The van der Waals surface area contributed by atoms with Gasteiger partial charge in [-0.05, 0) is 80.8 Å². The molecule has 1 aromatic carbocycles. The Labute approximate surface area is 141 Å². The molecule has 0 aromatic heterocycles. The number of hydrogen-bond donors (Lipinski definition) is 0. The van der Waals surface area contributed by atoms with Crippen molar-refractivity contribution in [2.24, 2.45) is 5.92 Å². The molecule has 0 atom stereocenters. The van der Waals surface area contributed by atoms with Gasteiger partial charge in [0.25, 0.3) is 0 Å². The monoisotopic (exact) mass is 321 g/mol. The minimum absolute atomic E-state index is 0.100. The summed E-state index contributed by atoms with van der Waals surface area (Å²) in [6.07, 6.45) is 6.26. The molecule has 0 bridgehead atoms. The Balaban J connectivity index is 1.73. The van der Waals surface area contributed by atoms with Crippen LogP contribution in [0.4, 0.5) is 4.39 Å². The second-order valence-electron chi connectivity index (χ2n) is 7.56. The van der Waals surface area contributed by atoms with Crippen LogP contribution >= 0.6 is 0 Å². The maximum Gasteiger partial charge on any atom is 0.123 e. The van der Waals surface area contributed by atoms with Crippen LogP contribution in [-0.2, 0) is 10.2 Å². The van der Waals surface area contributed by atoms with Crippen LogP contribution in [0.5, 0.6) is 0 Å². The van der Waals surface area contributed by atoms with Crippen molar-refractivity contribution >= 4 is 0 Å². The van der Waals surface area contributed by atoms with Gasteiger partial charge in [-0.3, -0.25) is 0 Å². The van der Waals surface area contributed by atoms with Crippen molar-refractivity contribution in [3.8, 4) is 0 Å². The van der Waals surface area contributed by atoms with Gasteiger partial charge in [0.1, 0.15) is 5.82 Å². The van der Waals surface area contributed by atoms with Crippen molar-refractivity contribution < 1.29 is 9.13 Å². The number of ether oxygens (including phenoxy) is 1. The molecule has 2 rings (SSSR count). The number of benzene rings is 1. The molecule has 1 aromatic rings. The lowest BCUT2D eigenvalue weighted by molar-refractivity contribution is 0.149. The standard InChI is InChI=1S/C20H32FNO/c1-20(2,18-6-8-19(21)9-7-18)12-15-22-13-10-17(11-14-22)5-4-16-23-3/h6-9,17H,4-5,10-16H2,1-3H3. The van der Waals surface area contributed by atoms with Crippen molar-refractivity contribution in [1.29, 1.82) is 0 Å². The molecular weight excluding hydrogens is 289 g/mol. The molecule has 1 heterocycles. The van der Waals surface area contributed by atoms with E-state index in [1.54, 1.807) is 19.2 Å². The summed E-state index contributed by atoms with van der Waals surface area (Å²) in [5.41, 5.74) is 1.33. The number of rotatable bonds is 8. The highest BCUT2D eigenvalue weighted by Gasteiger charge is 2.24. The number of piperidine rings is 1. The Morgan fingerprint density at radius 3 is 2.43 bits per heavy atom. The Morgan fingerprint density at radius 2 is 1.83 bits per heavy atom. The number of likely N-dealkylation sites (tertiary alicyclic amines) is 1. The molecule has 0 saturated carbocycles. The first-order chi connectivity index (χ1) is 11.0. The molecule has 1 fully saturated rings. The lowest BCUT2D eigenvalue weighted by atomic mass is 9.81. The molecule has 3 heteroatoms. The average Bonchev–Trinajstić information content (AvgIpc) is 2.55. The predicted molar refractivity (Wildman–Crippen MR) is 94.3 cm³/mol. The van der Waals surface area contributed by atoms with E-state index in [0.29, 0.717) is 0 Å². The van der Waals surface area contributed by atoms with E-state index in [-0.39, 0.29) is 11.2 Å². The summed E-state index contributed by atoms with van der Waals surface area (Å²) in [5, 5.41) is 0. The molecule has 1 aliphatic rings. The normalized spacial score (nSPS) is 17.6. The summed E-state index contributed by atoms with van der Waals surface area (Å²) in [5.74, 6) is 0.728. The SMILES string of the molecule is COCCCC1CCN(CCC(C)(C)c2ccc(F)cc2)CC1. The van der Waals surface area contributed by atoms with E-state index in [9.17, 15) is 4.39 Å². The summed E-state index contributed by atoms with van der Waals surface area (Å²) < 4.78 is 18.2. The highest BCUT2D eigenvalue weighted by atomic mass is 19.1. The summed E-state index contributed by atoms with van der Waals surface area (Å²) in [6.45, 7) is 8.99. The van der Waals surface area contributed by atoms with Crippen molar-refractivity contribution in [1.82, 2.24) is 4.90 Å². The number of halogens is 1. The molecule has 0 amide bonds. The molecule has 0 spiro atoms. The topological polar surface area (TPSA) is 12.5 Å². The Hall–Kier alpha value is -0.930. The third kappa shape index (κ3) is 5.89. The summed E-state index contributed by atoms with van der Waals surface area (Å²) in [4.78, 5) is 2.60. The van der Waals surface area contributed by atoms with Gasteiger partial charge < -0.3 is 9.64 Å². The maximum atomic E-state index is 13.1. The minimum Gasteiger partial charge on any atom is -0.385 e. The van der Waals surface area contributed by atoms with Gasteiger partial charge in [0.2, 0.25) is 0 Å². The maximum absolute atomic E-state index is 13.1. The van der Waals surface area contributed by atoms with E-state index in [1.807, 2.05) is 12.1 Å². The zero-order valence-corrected chi connectivity index (χ0v) is 15.0. The van der Waals surface area contributed by atoms with E-state index in [2.05, 4.69) is 18.7 Å². The van der Waals surface area contributed by atoms with Crippen LogP contribution in [0, 0.1) is 11.7 Å². The zero-order chi connectivity index (χ0) is 16.7. The number of nitrogens with zero attached hydrogens (tertiary/aromatic N) is 1. The van der Waals surface area contributed by atoms with Gasteiger partial charge in [0.15, 0.2) is 0 Å². The molecule has 0 N–H and O–H groups in total. The first-order valence-electron chi connectivity index (χ1n) is 8.98. The van der Waals surface area contributed by atoms with E-state index in [0.717, 1.165) is 25.5 Å². The third-order valence-electron chi connectivity index (χ3n) is 5.35. The average molecular weight is 321 g/mol. The second kappa shape index (κ2) is 8.79. The minimum atomic E-state index is -0.153. The molecule has 23 heavy (non-hydrogen) atoms. The second-order valence-corrected chi connectivity index (χ2v) is 7.56. The van der Waals surface area contributed by atoms with Gasteiger partial charge in [0, 0.05) is 13.7 Å². The van der Waals surface area contributed by atoms with Crippen molar-refractivity contribution in [3.05, 3.63) is 35.6 Å².